The highest BCUT2D eigenvalue weighted by molar-refractivity contribution is 6.30. The van der Waals surface area contributed by atoms with E-state index in [0.29, 0.717) is 18.9 Å². The largest absolute Gasteiger partial charge is 0.419 e. The molecule has 0 saturated heterocycles. The van der Waals surface area contributed by atoms with E-state index in [0.717, 1.165) is 6.07 Å². The van der Waals surface area contributed by atoms with Crippen LogP contribution in [0, 0.1) is 5.82 Å². The van der Waals surface area contributed by atoms with Crippen LogP contribution in [0.4, 0.5) is 17.6 Å². The Labute approximate surface area is 106 Å². The first-order chi connectivity index (χ1) is 8.24. The lowest BCUT2D eigenvalue weighted by atomic mass is 9.90. The number of aliphatic hydroxyl groups is 1. The first kappa shape index (κ1) is 13.6. The fourth-order valence-corrected chi connectivity index (χ4v) is 2.58. The summed E-state index contributed by atoms with van der Waals surface area (Å²) in [4.78, 5) is 0. The molecule has 0 aromatic heterocycles. The van der Waals surface area contributed by atoms with Crippen LogP contribution in [0.25, 0.3) is 0 Å². The van der Waals surface area contributed by atoms with Crippen LogP contribution < -0.4 is 0 Å². The van der Waals surface area contributed by atoms with Crippen molar-refractivity contribution >= 4 is 11.6 Å². The maximum atomic E-state index is 13.9. The molecule has 0 amide bonds. The number of alkyl halides is 3. The minimum absolute atomic E-state index is 0.223. The smallest absolute Gasteiger partial charge is 0.385 e. The number of hydrogen-bond donors (Lipinski definition) is 1. The minimum atomic E-state index is -4.82. The summed E-state index contributed by atoms with van der Waals surface area (Å²) < 4.78 is 51.8. The van der Waals surface area contributed by atoms with Gasteiger partial charge in [0.05, 0.1) is 11.2 Å². The van der Waals surface area contributed by atoms with E-state index in [1.165, 1.54) is 0 Å². The summed E-state index contributed by atoms with van der Waals surface area (Å²) in [5.74, 6) is -1.42. The Morgan fingerprint density at radius 3 is 2.22 bits per heavy atom. The van der Waals surface area contributed by atoms with E-state index < -0.39 is 23.2 Å². The highest BCUT2D eigenvalue weighted by Gasteiger charge is 2.41. The second-order valence-electron chi connectivity index (χ2n) is 4.55. The zero-order valence-corrected chi connectivity index (χ0v) is 10.1. The van der Waals surface area contributed by atoms with E-state index >= 15 is 0 Å². The van der Waals surface area contributed by atoms with Crippen molar-refractivity contribution in [3.8, 4) is 0 Å². The van der Waals surface area contributed by atoms with Gasteiger partial charge in [0.2, 0.25) is 0 Å². The van der Waals surface area contributed by atoms with Gasteiger partial charge in [-0.05, 0) is 25.0 Å². The van der Waals surface area contributed by atoms with Crippen LogP contribution in [0.15, 0.2) is 12.1 Å². The predicted molar refractivity (Wildman–Crippen MR) is 58.8 cm³/mol. The molecule has 0 aliphatic heterocycles. The van der Waals surface area contributed by atoms with Crippen LogP contribution in [0.1, 0.15) is 36.8 Å². The van der Waals surface area contributed by atoms with Crippen molar-refractivity contribution in [2.24, 2.45) is 0 Å². The van der Waals surface area contributed by atoms with Gasteiger partial charge in [-0.15, -0.1) is 0 Å². The topological polar surface area (TPSA) is 20.2 Å². The van der Waals surface area contributed by atoms with E-state index in [9.17, 15) is 22.7 Å². The van der Waals surface area contributed by atoms with Crippen LogP contribution in [-0.4, -0.2) is 5.11 Å². The van der Waals surface area contributed by atoms with E-state index in [2.05, 4.69) is 0 Å². The van der Waals surface area contributed by atoms with Crippen LogP contribution in [0.3, 0.4) is 0 Å². The fraction of sp³-hybridized carbons (Fsp3) is 0.500. The lowest BCUT2D eigenvalue weighted by molar-refractivity contribution is -0.140. The molecule has 1 fully saturated rings. The number of hydrogen-bond acceptors (Lipinski definition) is 1. The molecule has 0 bridgehead atoms. The van der Waals surface area contributed by atoms with Gasteiger partial charge in [-0.3, -0.25) is 0 Å². The molecule has 0 radical (unpaired) electrons. The molecule has 1 aliphatic carbocycles. The molecule has 1 N–H and O–H groups in total. The molecular formula is C12H11ClF4O. The molecule has 1 nitrogen and oxygen atoms in total. The molecule has 100 valence electrons. The quantitative estimate of drug-likeness (QED) is 0.763. The van der Waals surface area contributed by atoms with E-state index in [1.807, 2.05) is 0 Å². The van der Waals surface area contributed by atoms with Crippen LogP contribution in [0.5, 0.6) is 0 Å². The van der Waals surface area contributed by atoms with Gasteiger partial charge in [-0.1, -0.05) is 24.4 Å². The predicted octanol–water partition coefficient (Wildman–Crippen LogP) is 4.26. The van der Waals surface area contributed by atoms with Crippen molar-refractivity contribution in [2.75, 3.05) is 0 Å². The van der Waals surface area contributed by atoms with Crippen LogP contribution in [0.2, 0.25) is 5.02 Å². The highest BCUT2D eigenvalue weighted by Crippen LogP contribution is 2.43. The van der Waals surface area contributed by atoms with Gasteiger partial charge in [-0.25, -0.2) is 4.39 Å². The molecule has 1 saturated carbocycles. The molecule has 0 unspecified atom stereocenters. The van der Waals surface area contributed by atoms with Crippen LogP contribution in [-0.2, 0) is 11.8 Å². The normalized spacial score (nSPS) is 19.2. The highest BCUT2D eigenvalue weighted by atomic mass is 35.5. The third-order valence-electron chi connectivity index (χ3n) is 3.27. The van der Waals surface area contributed by atoms with Gasteiger partial charge in [0.25, 0.3) is 0 Å². The van der Waals surface area contributed by atoms with Gasteiger partial charge in [-0.2, -0.15) is 13.2 Å². The number of benzene rings is 1. The molecule has 0 spiro atoms. The van der Waals surface area contributed by atoms with Crippen molar-refractivity contribution in [3.05, 3.63) is 34.1 Å². The fourth-order valence-electron chi connectivity index (χ4n) is 2.36. The molecule has 0 heterocycles. The van der Waals surface area contributed by atoms with E-state index in [-0.39, 0.29) is 23.4 Å². The van der Waals surface area contributed by atoms with E-state index in [1.54, 1.807) is 0 Å². The average Bonchev–Trinajstić information content (AvgIpc) is 2.67. The summed E-state index contributed by atoms with van der Waals surface area (Å²) in [6.45, 7) is 0. The average molecular weight is 283 g/mol. The maximum Gasteiger partial charge on any atom is 0.419 e. The number of rotatable bonds is 1. The maximum absolute atomic E-state index is 13.9. The van der Waals surface area contributed by atoms with Gasteiger partial charge < -0.3 is 5.11 Å². The summed E-state index contributed by atoms with van der Waals surface area (Å²) in [6.07, 6.45) is -3.00. The molecule has 2 rings (SSSR count). The lowest BCUT2D eigenvalue weighted by Gasteiger charge is -2.25. The van der Waals surface area contributed by atoms with E-state index in [4.69, 9.17) is 11.6 Å². The Hall–Kier alpha value is -0.810. The third kappa shape index (κ3) is 2.34. The van der Waals surface area contributed by atoms with Crippen LogP contribution >= 0.6 is 11.6 Å². The molecule has 1 aromatic carbocycles. The SMILES string of the molecule is OC1(c2cc(Cl)cc(C(F)(F)F)c2F)CCCC1. The molecule has 1 aromatic rings. The molecular weight excluding hydrogens is 272 g/mol. The zero-order chi connectivity index (χ0) is 13.6. The molecule has 0 atom stereocenters. The number of halogens is 5. The van der Waals surface area contributed by atoms with Crippen molar-refractivity contribution in [3.63, 3.8) is 0 Å². The Kier molecular flexibility index (Phi) is 3.32. The van der Waals surface area contributed by atoms with Crippen molar-refractivity contribution in [2.45, 2.75) is 37.5 Å². The summed E-state index contributed by atoms with van der Waals surface area (Å²) in [7, 11) is 0. The van der Waals surface area contributed by atoms with Crippen molar-refractivity contribution in [1.29, 1.82) is 0 Å². The summed E-state index contributed by atoms with van der Waals surface area (Å²) >= 11 is 5.59. The van der Waals surface area contributed by atoms with Gasteiger partial charge in [0.1, 0.15) is 5.82 Å². The molecule has 1 aliphatic rings. The van der Waals surface area contributed by atoms with Gasteiger partial charge in [0, 0.05) is 10.6 Å². The Morgan fingerprint density at radius 2 is 1.72 bits per heavy atom. The molecule has 18 heavy (non-hydrogen) atoms. The summed E-state index contributed by atoms with van der Waals surface area (Å²) in [6, 6.07) is 1.62. The van der Waals surface area contributed by atoms with Gasteiger partial charge >= 0.3 is 6.18 Å². The van der Waals surface area contributed by atoms with Crippen molar-refractivity contribution in [1.82, 2.24) is 0 Å². The minimum Gasteiger partial charge on any atom is -0.385 e. The first-order valence-corrected chi connectivity index (χ1v) is 5.91. The van der Waals surface area contributed by atoms with Crippen molar-refractivity contribution < 1.29 is 22.7 Å². The Morgan fingerprint density at radius 1 is 1.17 bits per heavy atom. The zero-order valence-electron chi connectivity index (χ0n) is 9.32. The first-order valence-electron chi connectivity index (χ1n) is 5.53. The lowest BCUT2D eigenvalue weighted by Crippen LogP contribution is -2.24. The monoisotopic (exact) mass is 282 g/mol. The Balaban J connectivity index is 2.58. The second kappa shape index (κ2) is 4.38. The Bertz CT molecular complexity index is 464. The standard InChI is InChI=1S/C12H11ClF4O/c13-7-5-8(11(18)3-1-2-4-11)10(14)9(6-7)12(15,16)17/h5-6,18H,1-4H2. The summed E-state index contributed by atoms with van der Waals surface area (Å²) in [5.41, 5.74) is -3.31. The second-order valence-corrected chi connectivity index (χ2v) is 4.99. The van der Waals surface area contributed by atoms with Gasteiger partial charge in [0.15, 0.2) is 0 Å². The third-order valence-corrected chi connectivity index (χ3v) is 3.49. The molecule has 6 heteroatoms. The summed E-state index contributed by atoms with van der Waals surface area (Å²) in [5, 5.41) is 9.97.